The van der Waals surface area contributed by atoms with Crippen molar-refractivity contribution in [2.75, 3.05) is 19.6 Å². The van der Waals surface area contributed by atoms with Gasteiger partial charge in [-0.1, -0.05) is 38.1 Å². The number of nitrogens with zero attached hydrogens (tertiary/aromatic N) is 1. The lowest BCUT2D eigenvalue weighted by Crippen LogP contribution is -2.37. The molecule has 3 nitrogen and oxygen atoms in total. The molecule has 1 aromatic rings. The van der Waals surface area contributed by atoms with Crippen LogP contribution in [0.15, 0.2) is 24.3 Å². The molecular formula is C19H32N2O. The van der Waals surface area contributed by atoms with E-state index in [1.165, 1.54) is 11.1 Å². The fourth-order valence-electron chi connectivity index (χ4n) is 3.48. The zero-order valence-electron chi connectivity index (χ0n) is 14.2. The van der Waals surface area contributed by atoms with Crippen molar-refractivity contribution in [3.05, 3.63) is 35.4 Å². The molecule has 3 heteroatoms. The van der Waals surface area contributed by atoms with Crippen LogP contribution in [-0.2, 0) is 13.0 Å². The van der Waals surface area contributed by atoms with Crippen molar-refractivity contribution in [2.24, 2.45) is 17.6 Å². The maximum Gasteiger partial charge on any atom is 0.0571 e. The van der Waals surface area contributed by atoms with Crippen LogP contribution in [-0.4, -0.2) is 35.7 Å². The summed E-state index contributed by atoms with van der Waals surface area (Å²) in [5.74, 6) is 1.07. The quantitative estimate of drug-likeness (QED) is 0.814. The van der Waals surface area contributed by atoms with Gasteiger partial charge < -0.3 is 10.8 Å². The van der Waals surface area contributed by atoms with Gasteiger partial charge in [-0.2, -0.15) is 0 Å². The van der Waals surface area contributed by atoms with E-state index in [1.807, 2.05) is 0 Å². The van der Waals surface area contributed by atoms with Gasteiger partial charge >= 0.3 is 0 Å². The molecule has 1 aromatic carbocycles. The van der Waals surface area contributed by atoms with Crippen LogP contribution >= 0.6 is 0 Å². The summed E-state index contributed by atoms with van der Waals surface area (Å²) in [4.78, 5) is 2.51. The summed E-state index contributed by atoms with van der Waals surface area (Å²) in [6.45, 7) is 8.30. The van der Waals surface area contributed by atoms with Gasteiger partial charge in [-0.3, -0.25) is 4.90 Å². The largest absolute Gasteiger partial charge is 0.393 e. The van der Waals surface area contributed by atoms with Gasteiger partial charge in [0, 0.05) is 6.54 Å². The molecule has 1 aliphatic rings. The highest BCUT2D eigenvalue weighted by Gasteiger charge is 2.25. The minimum absolute atomic E-state index is 0.116. The first-order chi connectivity index (χ1) is 10.6. The van der Waals surface area contributed by atoms with Gasteiger partial charge in [-0.25, -0.2) is 0 Å². The molecule has 1 unspecified atom stereocenters. The summed E-state index contributed by atoms with van der Waals surface area (Å²) in [6.07, 6.45) is 4.02. The van der Waals surface area contributed by atoms with E-state index < -0.39 is 0 Å². The number of piperidine rings is 1. The minimum atomic E-state index is -0.116. The van der Waals surface area contributed by atoms with Gasteiger partial charge in [-0.15, -0.1) is 0 Å². The molecule has 2 rings (SSSR count). The SMILES string of the molecule is CC(C)CC(O)C1CCN(Cc2cccc(CCN)c2)CC1. The molecule has 0 radical (unpaired) electrons. The molecule has 0 aromatic heterocycles. The Morgan fingerprint density at radius 3 is 2.55 bits per heavy atom. The van der Waals surface area contributed by atoms with Crippen molar-refractivity contribution in [1.29, 1.82) is 0 Å². The van der Waals surface area contributed by atoms with Crippen molar-refractivity contribution in [3.8, 4) is 0 Å². The Balaban J connectivity index is 1.81. The fraction of sp³-hybridized carbons (Fsp3) is 0.684. The van der Waals surface area contributed by atoms with Crippen LogP contribution in [0.2, 0.25) is 0 Å². The Morgan fingerprint density at radius 1 is 1.23 bits per heavy atom. The van der Waals surface area contributed by atoms with E-state index in [0.29, 0.717) is 18.4 Å². The summed E-state index contributed by atoms with van der Waals surface area (Å²) in [5, 5.41) is 10.3. The summed E-state index contributed by atoms with van der Waals surface area (Å²) in [6, 6.07) is 8.79. The molecule has 0 spiro atoms. The Labute approximate surface area is 135 Å². The third-order valence-electron chi connectivity index (χ3n) is 4.72. The van der Waals surface area contributed by atoms with Crippen molar-refractivity contribution in [2.45, 2.75) is 52.2 Å². The number of rotatable bonds is 7. The first-order valence-corrected chi connectivity index (χ1v) is 8.76. The monoisotopic (exact) mass is 304 g/mol. The highest BCUT2D eigenvalue weighted by molar-refractivity contribution is 5.23. The predicted molar refractivity (Wildman–Crippen MR) is 92.7 cm³/mol. The van der Waals surface area contributed by atoms with Gasteiger partial charge in [0.05, 0.1) is 6.10 Å². The second-order valence-electron chi connectivity index (χ2n) is 7.17. The van der Waals surface area contributed by atoms with Crippen LogP contribution in [0.4, 0.5) is 0 Å². The Morgan fingerprint density at radius 2 is 1.91 bits per heavy atom. The lowest BCUT2D eigenvalue weighted by molar-refractivity contribution is 0.0436. The zero-order valence-corrected chi connectivity index (χ0v) is 14.2. The van der Waals surface area contributed by atoms with E-state index in [-0.39, 0.29) is 6.10 Å². The lowest BCUT2D eigenvalue weighted by Gasteiger charge is -2.34. The first-order valence-electron chi connectivity index (χ1n) is 8.76. The van der Waals surface area contributed by atoms with E-state index in [2.05, 4.69) is 43.0 Å². The number of likely N-dealkylation sites (tertiary alicyclic amines) is 1. The Kier molecular flexibility index (Phi) is 6.87. The molecule has 22 heavy (non-hydrogen) atoms. The Bertz CT molecular complexity index is 439. The van der Waals surface area contributed by atoms with Gasteiger partial charge in [0.2, 0.25) is 0 Å². The van der Waals surface area contributed by atoms with E-state index in [0.717, 1.165) is 45.3 Å². The Hall–Kier alpha value is -0.900. The average Bonchev–Trinajstić information content (AvgIpc) is 2.48. The number of aliphatic hydroxyl groups excluding tert-OH is 1. The van der Waals surface area contributed by atoms with E-state index in [1.54, 1.807) is 0 Å². The van der Waals surface area contributed by atoms with Gasteiger partial charge in [0.15, 0.2) is 0 Å². The van der Waals surface area contributed by atoms with Crippen LogP contribution in [0.5, 0.6) is 0 Å². The maximum absolute atomic E-state index is 10.3. The van der Waals surface area contributed by atoms with Crippen LogP contribution < -0.4 is 5.73 Å². The predicted octanol–water partition coefficient (Wildman–Crippen LogP) is 2.81. The molecule has 0 amide bonds. The third kappa shape index (κ3) is 5.38. The molecular weight excluding hydrogens is 272 g/mol. The van der Waals surface area contributed by atoms with Crippen molar-refractivity contribution < 1.29 is 5.11 Å². The highest BCUT2D eigenvalue weighted by atomic mass is 16.3. The highest BCUT2D eigenvalue weighted by Crippen LogP contribution is 2.25. The van der Waals surface area contributed by atoms with Gasteiger partial charge in [-0.05, 0) is 68.3 Å². The van der Waals surface area contributed by atoms with E-state index >= 15 is 0 Å². The number of aliphatic hydroxyl groups is 1. The normalized spacial score (nSPS) is 18.8. The van der Waals surface area contributed by atoms with Crippen molar-refractivity contribution in [1.82, 2.24) is 4.90 Å². The van der Waals surface area contributed by atoms with Crippen LogP contribution in [0.1, 0.15) is 44.2 Å². The molecule has 3 N–H and O–H groups in total. The topological polar surface area (TPSA) is 49.5 Å². The maximum atomic E-state index is 10.3. The number of hydrogen-bond donors (Lipinski definition) is 2. The van der Waals surface area contributed by atoms with Crippen LogP contribution in [0, 0.1) is 11.8 Å². The molecule has 1 heterocycles. The minimum Gasteiger partial charge on any atom is -0.393 e. The standard InChI is InChI=1S/C19H32N2O/c1-15(2)12-19(22)18-7-10-21(11-8-18)14-17-5-3-4-16(13-17)6-9-20/h3-5,13,15,18-19,22H,6-12,14,20H2,1-2H3. The number of nitrogens with two attached hydrogens (primary N) is 1. The van der Waals surface area contributed by atoms with Crippen LogP contribution in [0.3, 0.4) is 0 Å². The molecule has 1 atom stereocenters. The summed E-state index contributed by atoms with van der Waals surface area (Å²) < 4.78 is 0. The van der Waals surface area contributed by atoms with Crippen molar-refractivity contribution in [3.63, 3.8) is 0 Å². The third-order valence-corrected chi connectivity index (χ3v) is 4.72. The number of benzene rings is 1. The fourth-order valence-corrected chi connectivity index (χ4v) is 3.48. The smallest absolute Gasteiger partial charge is 0.0571 e. The molecule has 1 saturated heterocycles. The van der Waals surface area contributed by atoms with Crippen molar-refractivity contribution >= 4 is 0 Å². The molecule has 0 bridgehead atoms. The summed E-state index contributed by atoms with van der Waals surface area (Å²) in [7, 11) is 0. The van der Waals surface area contributed by atoms with Gasteiger partial charge in [0.25, 0.3) is 0 Å². The van der Waals surface area contributed by atoms with Crippen LogP contribution in [0.25, 0.3) is 0 Å². The lowest BCUT2D eigenvalue weighted by atomic mass is 9.87. The van der Waals surface area contributed by atoms with E-state index in [9.17, 15) is 5.11 Å². The molecule has 0 saturated carbocycles. The number of hydrogen-bond acceptors (Lipinski definition) is 3. The van der Waals surface area contributed by atoms with E-state index in [4.69, 9.17) is 5.73 Å². The second kappa shape index (κ2) is 8.66. The summed E-state index contributed by atoms with van der Waals surface area (Å²) >= 11 is 0. The molecule has 0 aliphatic carbocycles. The average molecular weight is 304 g/mol. The molecule has 1 fully saturated rings. The van der Waals surface area contributed by atoms with Gasteiger partial charge in [0.1, 0.15) is 0 Å². The zero-order chi connectivity index (χ0) is 15.9. The molecule has 124 valence electrons. The molecule has 1 aliphatic heterocycles. The summed E-state index contributed by atoms with van der Waals surface area (Å²) in [5.41, 5.74) is 8.36. The first kappa shape index (κ1) is 17.5. The second-order valence-corrected chi connectivity index (χ2v) is 7.17.